The van der Waals surface area contributed by atoms with Crippen molar-refractivity contribution in [2.24, 2.45) is 23.2 Å². The average Bonchev–Trinajstić information content (AvgIpc) is 3.04. The van der Waals surface area contributed by atoms with Gasteiger partial charge in [-0.05, 0) is 69.1 Å². The molecule has 2 nitrogen and oxygen atoms in total. The Morgan fingerprint density at radius 1 is 1.10 bits per heavy atom. The summed E-state index contributed by atoms with van der Waals surface area (Å²) in [5.41, 5.74) is 0.754. The van der Waals surface area contributed by atoms with Gasteiger partial charge in [0.1, 0.15) is 5.60 Å². The maximum absolute atomic E-state index is 12.2. The molecule has 0 heterocycles. The highest BCUT2D eigenvalue weighted by molar-refractivity contribution is 5.87. The molecule has 0 saturated heterocycles. The lowest BCUT2D eigenvalue weighted by atomic mass is 9.63. The Bertz CT molecular complexity index is 438. The Kier molecular flexibility index (Phi) is 3.70. The van der Waals surface area contributed by atoms with Crippen molar-refractivity contribution >= 4 is 5.97 Å². The van der Waals surface area contributed by atoms with Crippen LogP contribution in [0.15, 0.2) is 12.2 Å². The molecule has 0 N–H and O–H groups in total. The maximum atomic E-state index is 12.2. The maximum Gasteiger partial charge on any atom is 0.333 e. The van der Waals surface area contributed by atoms with E-state index in [9.17, 15) is 4.79 Å². The molecular weight excluding hydrogens is 260 g/mol. The monoisotopic (exact) mass is 290 g/mol. The minimum absolute atomic E-state index is 0.169. The lowest BCUT2D eigenvalue weighted by molar-refractivity contribution is -0.173. The first-order valence-corrected chi connectivity index (χ1v) is 8.70. The Hall–Kier alpha value is -0.790. The van der Waals surface area contributed by atoms with E-state index in [-0.39, 0.29) is 11.6 Å². The molecule has 3 rings (SSSR count). The fraction of sp³-hybridized carbons (Fsp3) is 0.842. The van der Waals surface area contributed by atoms with E-state index in [0.29, 0.717) is 16.9 Å². The van der Waals surface area contributed by atoms with Gasteiger partial charge < -0.3 is 4.74 Å². The van der Waals surface area contributed by atoms with E-state index in [2.05, 4.69) is 20.4 Å². The summed E-state index contributed by atoms with van der Waals surface area (Å²) in [5, 5.41) is 0. The first kappa shape index (κ1) is 15.1. The molecule has 0 aliphatic heterocycles. The molecule has 0 aromatic rings. The van der Waals surface area contributed by atoms with Crippen molar-refractivity contribution < 1.29 is 9.53 Å². The van der Waals surface area contributed by atoms with Crippen LogP contribution in [0.4, 0.5) is 0 Å². The predicted octanol–water partition coefficient (Wildman–Crippen LogP) is 4.88. The van der Waals surface area contributed by atoms with Crippen molar-refractivity contribution in [3.8, 4) is 0 Å². The van der Waals surface area contributed by atoms with Gasteiger partial charge in [0.15, 0.2) is 0 Å². The molecule has 2 heteroatoms. The Balaban J connectivity index is 1.81. The van der Waals surface area contributed by atoms with Gasteiger partial charge >= 0.3 is 5.97 Å². The van der Waals surface area contributed by atoms with Crippen molar-refractivity contribution in [3.05, 3.63) is 12.2 Å². The molecule has 3 atom stereocenters. The number of carbonyl (C=O) groups is 1. The lowest BCUT2D eigenvalue weighted by Gasteiger charge is -2.48. The second-order valence-corrected chi connectivity index (χ2v) is 8.68. The van der Waals surface area contributed by atoms with Crippen LogP contribution in [0, 0.1) is 23.2 Å². The standard InChI is InChI=1S/C19H30O2/c1-13(2)17(20)21-19(9-7-18(3,4)8-10-19)16-12-14-5-6-15(16)11-14/h14-16H,1,5-12H2,2-4H3. The normalized spacial score (nSPS) is 36.4. The number of rotatable bonds is 3. The zero-order valence-corrected chi connectivity index (χ0v) is 13.9. The zero-order valence-electron chi connectivity index (χ0n) is 13.9. The number of fused-ring (bicyclic) bond motifs is 2. The van der Waals surface area contributed by atoms with Crippen LogP contribution in [0.25, 0.3) is 0 Å². The van der Waals surface area contributed by atoms with Crippen molar-refractivity contribution in [3.63, 3.8) is 0 Å². The summed E-state index contributed by atoms with van der Waals surface area (Å²) in [6.45, 7) is 10.2. The highest BCUT2D eigenvalue weighted by atomic mass is 16.6. The van der Waals surface area contributed by atoms with Crippen molar-refractivity contribution in [1.29, 1.82) is 0 Å². The van der Waals surface area contributed by atoms with Gasteiger partial charge in [-0.3, -0.25) is 0 Å². The molecule has 0 spiro atoms. The zero-order chi connectivity index (χ0) is 15.3. The highest BCUT2D eigenvalue weighted by Gasteiger charge is 2.54. The fourth-order valence-electron chi connectivity index (χ4n) is 5.06. The van der Waals surface area contributed by atoms with E-state index < -0.39 is 0 Å². The van der Waals surface area contributed by atoms with Gasteiger partial charge in [0.25, 0.3) is 0 Å². The van der Waals surface area contributed by atoms with Crippen molar-refractivity contribution in [2.75, 3.05) is 0 Å². The Morgan fingerprint density at radius 2 is 1.76 bits per heavy atom. The summed E-state index contributed by atoms with van der Waals surface area (Å²) in [7, 11) is 0. The molecule has 3 aliphatic rings. The van der Waals surface area contributed by atoms with E-state index in [1.165, 1.54) is 38.5 Å². The number of carbonyl (C=O) groups excluding carboxylic acids is 1. The molecule has 3 unspecified atom stereocenters. The third-order valence-electron chi connectivity index (χ3n) is 6.51. The van der Waals surface area contributed by atoms with E-state index in [1.54, 1.807) is 6.92 Å². The fourth-order valence-corrected chi connectivity index (χ4v) is 5.06. The van der Waals surface area contributed by atoms with Crippen LogP contribution in [0.5, 0.6) is 0 Å². The van der Waals surface area contributed by atoms with Gasteiger partial charge in [-0.15, -0.1) is 0 Å². The summed E-state index contributed by atoms with van der Waals surface area (Å²) >= 11 is 0. The van der Waals surface area contributed by atoms with Crippen LogP contribution in [0.3, 0.4) is 0 Å². The third-order valence-corrected chi connectivity index (χ3v) is 6.51. The van der Waals surface area contributed by atoms with Gasteiger partial charge in [0.2, 0.25) is 0 Å². The smallest absolute Gasteiger partial charge is 0.333 e. The predicted molar refractivity (Wildman–Crippen MR) is 84.8 cm³/mol. The largest absolute Gasteiger partial charge is 0.455 e. The Morgan fingerprint density at radius 3 is 2.24 bits per heavy atom. The van der Waals surface area contributed by atoms with Crippen LogP contribution in [-0.2, 0) is 9.53 Å². The van der Waals surface area contributed by atoms with Crippen LogP contribution >= 0.6 is 0 Å². The highest BCUT2D eigenvalue weighted by Crippen LogP contribution is 2.58. The molecule has 21 heavy (non-hydrogen) atoms. The summed E-state index contributed by atoms with van der Waals surface area (Å²) in [6.07, 6.45) is 9.85. The van der Waals surface area contributed by atoms with Gasteiger partial charge in [-0.2, -0.15) is 0 Å². The van der Waals surface area contributed by atoms with Gasteiger partial charge in [0.05, 0.1) is 0 Å². The van der Waals surface area contributed by atoms with Crippen LogP contribution in [0.2, 0.25) is 0 Å². The average molecular weight is 290 g/mol. The van der Waals surface area contributed by atoms with Gasteiger partial charge in [-0.25, -0.2) is 4.79 Å². The van der Waals surface area contributed by atoms with Crippen LogP contribution in [-0.4, -0.2) is 11.6 Å². The Labute approximate surface area is 129 Å². The third kappa shape index (κ3) is 2.78. The topological polar surface area (TPSA) is 26.3 Å². The second-order valence-electron chi connectivity index (χ2n) is 8.68. The molecule has 118 valence electrons. The molecule has 3 saturated carbocycles. The van der Waals surface area contributed by atoms with E-state index in [1.807, 2.05) is 0 Å². The van der Waals surface area contributed by atoms with Gasteiger partial charge in [-0.1, -0.05) is 26.8 Å². The molecule has 2 bridgehead atoms. The minimum atomic E-state index is -0.189. The summed E-state index contributed by atoms with van der Waals surface area (Å²) in [4.78, 5) is 12.2. The molecule has 0 radical (unpaired) electrons. The van der Waals surface area contributed by atoms with E-state index >= 15 is 0 Å². The van der Waals surface area contributed by atoms with Gasteiger partial charge in [0, 0.05) is 11.5 Å². The van der Waals surface area contributed by atoms with Crippen LogP contribution < -0.4 is 0 Å². The molecule has 0 amide bonds. The van der Waals surface area contributed by atoms with E-state index in [0.717, 1.165) is 24.7 Å². The molecule has 0 aromatic heterocycles. The van der Waals surface area contributed by atoms with E-state index in [4.69, 9.17) is 4.74 Å². The molecular formula is C19H30O2. The minimum Gasteiger partial charge on any atom is -0.455 e. The van der Waals surface area contributed by atoms with Crippen molar-refractivity contribution in [1.82, 2.24) is 0 Å². The first-order chi connectivity index (χ1) is 9.81. The molecule has 0 aromatic carbocycles. The number of esters is 1. The molecule has 3 fully saturated rings. The second kappa shape index (κ2) is 5.14. The van der Waals surface area contributed by atoms with Crippen LogP contribution in [0.1, 0.15) is 72.1 Å². The first-order valence-electron chi connectivity index (χ1n) is 8.70. The molecule has 3 aliphatic carbocycles. The lowest BCUT2D eigenvalue weighted by Crippen LogP contribution is -2.49. The summed E-state index contributed by atoms with van der Waals surface area (Å²) in [5.74, 6) is 2.14. The SMILES string of the molecule is C=C(C)C(=O)OC1(C2CC3CCC2C3)CCC(C)(C)CC1. The summed E-state index contributed by atoms with van der Waals surface area (Å²) < 4.78 is 6.13. The quantitative estimate of drug-likeness (QED) is 0.547. The number of ether oxygens (including phenoxy) is 1. The summed E-state index contributed by atoms with van der Waals surface area (Å²) in [6, 6.07) is 0. The number of hydrogen-bond donors (Lipinski definition) is 0. The van der Waals surface area contributed by atoms with Crippen molar-refractivity contribution in [2.45, 2.75) is 77.7 Å². The number of hydrogen-bond acceptors (Lipinski definition) is 2.